The maximum absolute atomic E-state index is 12.9. The Bertz CT molecular complexity index is 1700. The monoisotopic (exact) mass is 588 g/mol. The van der Waals surface area contributed by atoms with E-state index in [1.165, 1.54) is 0 Å². The second-order valence-corrected chi connectivity index (χ2v) is 9.94. The van der Waals surface area contributed by atoms with Gasteiger partial charge in [-0.2, -0.15) is 0 Å². The number of anilines is 4. The quantitative estimate of drug-likeness (QED) is 0.174. The highest BCUT2D eigenvalue weighted by molar-refractivity contribution is 6.07. The number of amides is 2. The van der Waals surface area contributed by atoms with Crippen molar-refractivity contribution in [1.82, 2.24) is 9.97 Å². The minimum atomic E-state index is -0.324. The second kappa shape index (κ2) is 12.4. The Hall–Kier alpha value is -6.04. The van der Waals surface area contributed by atoms with Crippen LogP contribution in [-0.2, 0) is 13.1 Å². The molecule has 5 rings (SSSR count). The number of nitrogens with one attached hydrogen (secondary N) is 4. The Kier molecular flexibility index (Phi) is 8.33. The summed E-state index contributed by atoms with van der Waals surface area (Å²) >= 11 is 0. The summed E-state index contributed by atoms with van der Waals surface area (Å²) < 4.78 is 3.53. The summed E-state index contributed by atoms with van der Waals surface area (Å²) in [5.41, 5.74) is 32.8. The van der Waals surface area contributed by atoms with E-state index in [1.54, 1.807) is 94.3 Å². The molecule has 0 saturated carbocycles. The Labute approximate surface area is 254 Å². The maximum atomic E-state index is 12.9. The van der Waals surface area contributed by atoms with E-state index in [-0.39, 0.29) is 35.3 Å². The van der Waals surface area contributed by atoms with Crippen LogP contribution in [0.2, 0.25) is 0 Å². The van der Waals surface area contributed by atoms with Gasteiger partial charge in [0.15, 0.2) is 0 Å². The minimum Gasteiger partial charge on any atom is -0.481 e. The molecule has 0 atom stereocenters. The van der Waals surface area contributed by atoms with Gasteiger partial charge in [-0.3, -0.25) is 18.7 Å². The number of hydrogen-bond acceptors (Lipinski definition) is 6. The number of aryl methyl sites for hydroxylation is 2. The average Bonchev–Trinajstić information content (AvgIpc) is 3.02. The lowest BCUT2D eigenvalue weighted by Gasteiger charge is -2.16. The van der Waals surface area contributed by atoms with Crippen LogP contribution >= 0.6 is 0 Å². The molecular formula is C32H32N10O2. The van der Waals surface area contributed by atoms with Crippen molar-refractivity contribution in [1.29, 1.82) is 0 Å². The summed E-state index contributed by atoms with van der Waals surface area (Å²) in [4.78, 5) is 33.9. The van der Waals surface area contributed by atoms with Crippen LogP contribution in [0.5, 0.6) is 0 Å². The van der Waals surface area contributed by atoms with Gasteiger partial charge in [-0.25, -0.2) is 0 Å². The molecule has 0 aliphatic rings. The third-order valence-electron chi connectivity index (χ3n) is 7.12. The second-order valence-electron chi connectivity index (χ2n) is 9.94. The third kappa shape index (κ3) is 6.23. The standard InChI is InChI=1S/C32H32N10O2/c1-3-41-17-25(27(33)39-31(41)35)19-9-13-23(14-10-19)37-29(43)21-5-7-22(8-6-21)30(44)38-24-15-11-20(12-16-24)26-18-42(4-2)32(36)40-28(26)34/h5-18H,3-4H2,1-2H3,(H8,33,34,35,36,37,38,39,40,43,44). The van der Waals surface area contributed by atoms with E-state index >= 15 is 0 Å². The fourth-order valence-electron chi connectivity index (χ4n) is 4.62. The van der Waals surface area contributed by atoms with Gasteiger partial charge in [-0.15, -0.1) is 0 Å². The Morgan fingerprint density at radius 1 is 0.636 bits per heavy atom. The van der Waals surface area contributed by atoms with E-state index in [2.05, 4.69) is 20.6 Å². The first-order valence-corrected chi connectivity index (χ1v) is 13.9. The molecule has 222 valence electrons. The van der Waals surface area contributed by atoms with Gasteiger partial charge in [0.1, 0.15) is 0 Å². The molecule has 0 unspecified atom stereocenters. The van der Waals surface area contributed by atoms with E-state index in [9.17, 15) is 9.59 Å². The lowest BCUT2D eigenvalue weighted by molar-refractivity contribution is -0.681. The fourth-order valence-corrected chi connectivity index (χ4v) is 4.62. The number of hydrogen-bond donors (Lipinski definition) is 4. The number of carbonyl (C=O) groups excluding carboxylic acids is 2. The van der Waals surface area contributed by atoms with Crippen molar-refractivity contribution in [3.05, 3.63) is 108 Å². The molecule has 0 saturated heterocycles. The van der Waals surface area contributed by atoms with Crippen molar-refractivity contribution < 1.29 is 18.7 Å². The molecule has 8 N–H and O–H groups in total. The summed E-state index contributed by atoms with van der Waals surface area (Å²) in [6.45, 7) is 5.15. The Morgan fingerprint density at radius 3 is 1.30 bits per heavy atom. The van der Waals surface area contributed by atoms with Crippen molar-refractivity contribution in [2.45, 2.75) is 26.9 Å². The topological polar surface area (TPSA) is 191 Å². The first-order valence-electron chi connectivity index (χ1n) is 13.9. The number of rotatable bonds is 8. The van der Waals surface area contributed by atoms with Gasteiger partial charge in [-0.05, 0) is 85.1 Å². The highest BCUT2D eigenvalue weighted by atomic mass is 16.2. The Morgan fingerprint density at radius 2 is 0.977 bits per heavy atom. The predicted molar refractivity (Wildman–Crippen MR) is 170 cm³/mol. The van der Waals surface area contributed by atoms with Crippen molar-refractivity contribution >= 4 is 46.7 Å². The number of nitrogen functional groups attached to an aromatic ring is 2. The summed E-state index contributed by atoms with van der Waals surface area (Å²) in [7, 11) is 0. The Balaban J connectivity index is 1.21. The summed E-state index contributed by atoms with van der Waals surface area (Å²) in [6, 6.07) is 20.6. The number of nitrogens with two attached hydrogens (primary N) is 2. The van der Waals surface area contributed by atoms with Crippen LogP contribution in [0.25, 0.3) is 33.7 Å². The first kappa shape index (κ1) is 29.5. The molecule has 12 nitrogen and oxygen atoms in total. The fraction of sp³-hybridized carbons (Fsp3) is 0.125. The van der Waals surface area contributed by atoms with Gasteiger partial charge >= 0.3 is 0 Å². The van der Waals surface area contributed by atoms with Gasteiger partial charge in [0, 0.05) is 33.6 Å². The summed E-state index contributed by atoms with van der Waals surface area (Å²) in [6.07, 6.45) is 3.58. The van der Waals surface area contributed by atoms with Gasteiger partial charge in [0.05, 0.1) is 25.5 Å². The highest BCUT2D eigenvalue weighted by Crippen LogP contribution is 2.29. The van der Waals surface area contributed by atoms with Gasteiger partial charge < -0.3 is 43.5 Å². The third-order valence-corrected chi connectivity index (χ3v) is 7.12. The van der Waals surface area contributed by atoms with Crippen LogP contribution in [0.3, 0.4) is 0 Å². The number of aromatic nitrogens is 4. The molecule has 2 aromatic heterocycles. The van der Waals surface area contributed by atoms with E-state index in [0.717, 1.165) is 11.1 Å². The van der Waals surface area contributed by atoms with E-state index < -0.39 is 0 Å². The molecule has 0 fully saturated rings. The zero-order chi connectivity index (χ0) is 31.4. The van der Waals surface area contributed by atoms with Crippen LogP contribution in [0.1, 0.15) is 34.6 Å². The number of carbonyl (C=O) groups is 2. The molecule has 5 aromatic rings. The van der Waals surface area contributed by atoms with E-state index in [0.29, 0.717) is 46.7 Å². The highest BCUT2D eigenvalue weighted by Gasteiger charge is 2.12. The van der Waals surface area contributed by atoms with Crippen molar-refractivity contribution in [3.63, 3.8) is 0 Å². The average molecular weight is 589 g/mol. The zero-order valence-electron chi connectivity index (χ0n) is 24.3. The van der Waals surface area contributed by atoms with Crippen LogP contribution in [-0.4, -0.2) is 21.8 Å². The molecule has 0 radical (unpaired) electrons. The molecule has 2 amide bonds. The van der Waals surface area contributed by atoms with E-state index in [4.69, 9.17) is 22.9 Å². The largest absolute Gasteiger partial charge is 0.481 e. The smallest absolute Gasteiger partial charge is 0.255 e. The van der Waals surface area contributed by atoms with Gasteiger partial charge in [0.25, 0.3) is 11.8 Å². The molecule has 44 heavy (non-hydrogen) atoms. The molecule has 0 aliphatic carbocycles. The van der Waals surface area contributed by atoms with Gasteiger partial charge in [0.2, 0.25) is 11.9 Å². The van der Waals surface area contributed by atoms with Gasteiger partial charge in [-0.1, -0.05) is 24.3 Å². The number of nitrogens with zero attached hydrogens (tertiary/aromatic N) is 4. The lowest BCUT2D eigenvalue weighted by Crippen LogP contribution is -2.36. The SMILES string of the molecule is CC[n+]1cc(-c2ccc(NC(=O)c3ccc(C(=O)Nc4ccc(-c5c[n+](CC)c(N)nc5[NH-])cc4)cc3)cc2)c([NH-])nc1N. The molecular weight excluding hydrogens is 556 g/mol. The number of benzene rings is 3. The first-order chi connectivity index (χ1) is 21.2. The molecule has 2 heterocycles. The van der Waals surface area contributed by atoms with Crippen molar-refractivity contribution in [2.75, 3.05) is 22.1 Å². The minimum absolute atomic E-state index is 0.0771. The molecule has 0 bridgehead atoms. The van der Waals surface area contributed by atoms with Crippen LogP contribution in [0.4, 0.5) is 34.9 Å². The molecule has 0 spiro atoms. The van der Waals surface area contributed by atoms with Crippen molar-refractivity contribution in [2.24, 2.45) is 0 Å². The summed E-state index contributed by atoms with van der Waals surface area (Å²) in [5, 5.41) is 5.70. The predicted octanol–water partition coefficient (Wildman–Crippen LogP) is 5.46. The zero-order valence-corrected chi connectivity index (χ0v) is 24.3. The normalized spacial score (nSPS) is 10.8. The lowest BCUT2D eigenvalue weighted by atomic mass is 10.1. The molecule has 0 aliphatic heterocycles. The van der Waals surface area contributed by atoms with Crippen molar-refractivity contribution in [3.8, 4) is 22.3 Å². The van der Waals surface area contributed by atoms with E-state index in [1.807, 2.05) is 13.8 Å². The van der Waals surface area contributed by atoms with Crippen LogP contribution in [0.15, 0.2) is 85.2 Å². The maximum Gasteiger partial charge on any atom is 0.255 e. The molecule has 12 heteroatoms. The van der Waals surface area contributed by atoms with Crippen LogP contribution in [0, 0.1) is 0 Å². The summed E-state index contributed by atoms with van der Waals surface area (Å²) in [5.74, 6) is 0.0692. The van der Waals surface area contributed by atoms with Crippen LogP contribution < -0.4 is 31.2 Å². The molecule has 3 aromatic carbocycles.